The Balaban J connectivity index is 1.41. The predicted octanol–water partition coefficient (Wildman–Crippen LogP) is -1.17. The third kappa shape index (κ3) is 5.70. The van der Waals surface area contributed by atoms with Gasteiger partial charge >= 0.3 is 0 Å². The van der Waals surface area contributed by atoms with Crippen molar-refractivity contribution in [1.82, 2.24) is 0 Å². The summed E-state index contributed by atoms with van der Waals surface area (Å²) in [5.41, 5.74) is 0.529. The molecular formula is C27H32O14. The molecule has 3 heterocycles. The van der Waals surface area contributed by atoms with E-state index in [1.54, 1.807) is 12.1 Å². The number of benzene rings is 2. The van der Waals surface area contributed by atoms with E-state index < -0.39 is 85.7 Å². The SMILES string of the molecule is C[C@H]1O[C@@H](O[C@@H]2[C@@H](Oc3cc(O)c4c(c3)O[C@H](c3ccc(O)cc3)CC4=O)O[C@@H](CO)[C@@H](O)[C@H]2O)[C@H](O)[C@H](O)[C@H]1O. The van der Waals surface area contributed by atoms with Crippen molar-refractivity contribution in [2.75, 3.05) is 6.61 Å². The number of hydrogen-bond acceptors (Lipinski definition) is 14. The molecule has 0 spiro atoms. The van der Waals surface area contributed by atoms with Crippen LogP contribution in [0.2, 0.25) is 0 Å². The zero-order valence-corrected chi connectivity index (χ0v) is 21.8. The molecule has 14 heteroatoms. The van der Waals surface area contributed by atoms with Crippen LogP contribution >= 0.6 is 0 Å². The van der Waals surface area contributed by atoms with Crippen LogP contribution in [-0.4, -0.2) is 115 Å². The van der Waals surface area contributed by atoms with Crippen LogP contribution in [-0.2, 0) is 14.2 Å². The van der Waals surface area contributed by atoms with Crippen molar-refractivity contribution in [2.24, 2.45) is 0 Å². The first-order valence-electron chi connectivity index (χ1n) is 13.0. The molecule has 14 nitrogen and oxygen atoms in total. The minimum atomic E-state index is -1.75. The molecule has 11 atom stereocenters. The van der Waals surface area contributed by atoms with E-state index in [2.05, 4.69) is 0 Å². The molecule has 0 aliphatic carbocycles. The normalized spacial score (nSPS) is 37.2. The minimum absolute atomic E-state index is 0.0149. The number of rotatable bonds is 6. The summed E-state index contributed by atoms with van der Waals surface area (Å²) < 4.78 is 28.6. The highest BCUT2D eigenvalue weighted by molar-refractivity contribution is 6.02. The zero-order valence-electron chi connectivity index (χ0n) is 21.8. The monoisotopic (exact) mass is 580 g/mol. The van der Waals surface area contributed by atoms with E-state index in [1.165, 1.54) is 25.1 Å². The maximum atomic E-state index is 12.9. The summed E-state index contributed by atoms with van der Waals surface area (Å²) in [5.74, 6) is -0.947. The summed E-state index contributed by atoms with van der Waals surface area (Å²) in [4.78, 5) is 12.9. The Morgan fingerprint density at radius 2 is 1.59 bits per heavy atom. The average Bonchev–Trinajstić information content (AvgIpc) is 2.94. The summed E-state index contributed by atoms with van der Waals surface area (Å²) >= 11 is 0. The number of Topliss-reactive ketones (excluding diaryl/α,β-unsaturated/α-hetero) is 1. The molecule has 0 bridgehead atoms. The van der Waals surface area contributed by atoms with Crippen molar-refractivity contribution in [3.05, 3.63) is 47.5 Å². The van der Waals surface area contributed by atoms with Crippen LogP contribution in [0, 0.1) is 0 Å². The van der Waals surface area contributed by atoms with Crippen molar-refractivity contribution in [2.45, 2.75) is 80.9 Å². The molecule has 8 N–H and O–H groups in total. The van der Waals surface area contributed by atoms with Gasteiger partial charge in [0.25, 0.3) is 0 Å². The van der Waals surface area contributed by atoms with Gasteiger partial charge in [0.15, 0.2) is 18.2 Å². The Kier molecular flexibility index (Phi) is 8.39. The van der Waals surface area contributed by atoms with E-state index in [0.29, 0.717) is 5.56 Å². The number of aliphatic hydroxyl groups is 6. The highest BCUT2D eigenvalue weighted by Crippen LogP contribution is 2.43. The molecule has 2 saturated heterocycles. The lowest BCUT2D eigenvalue weighted by Crippen LogP contribution is -2.64. The molecule has 224 valence electrons. The van der Waals surface area contributed by atoms with Crippen LogP contribution in [0.3, 0.4) is 0 Å². The van der Waals surface area contributed by atoms with Gasteiger partial charge in [0, 0.05) is 12.1 Å². The van der Waals surface area contributed by atoms with Crippen molar-refractivity contribution >= 4 is 5.78 Å². The number of phenolic OH excluding ortho intramolecular Hbond substituents is 2. The van der Waals surface area contributed by atoms with Gasteiger partial charge in [-0.15, -0.1) is 0 Å². The molecule has 3 aliphatic rings. The number of carbonyl (C=O) groups is 1. The van der Waals surface area contributed by atoms with Crippen molar-refractivity contribution in [3.8, 4) is 23.0 Å². The highest BCUT2D eigenvalue weighted by atomic mass is 16.8. The third-order valence-electron chi connectivity index (χ3n) is 7.42. The first-order chi connectivity index (χ1) is 19.5. The van der Waals surface area contributed by atoms with Gasteiger partial charge in [0.2, 0.25) is 6.29 Å². The van der Waals surface area contributed by atoms with Crippen molar-refractivity contribution in [3.63, 3.8) is 0 Å². The second-order valence-electron chi connectivity index (χ2n) is 10.2. The maximum absolute atomic E-state index is 12.9. The van der Waals surface area contributed by atoms with Crippen LogP contribution in [0.5, 0.6) is 23.0 Å². The second-order valence-corrected chi connectivity index (χ2v) is 10.2. The number of aliphatic hydroxyl groups excluding tert-OH is 6. The van der Waals surface area contributed by atoms with E-state index in [4.69, 9.17) is 23.7 Å². The van der Waals surface area contributed by atoms with Gasteiger partial charge in [0.05, 0.1) is 19.1 Å². The quantitative estimate of drug-likeness (QED) is 0.202. The molecule has 0 saturated carbocycles. The second kappa shape index (κ2) is 11.7. The van der Waals surface area contributed by atoms with Crippen molar-refractivity contribution < 1.29 is 69.3 Å². The first kappa shape index (κ1) is 29.4. The Morgan fingerprint density at radius 3 is 2.27 bits per heavy atom. The lowest BCUT2D eigenvalue weighted by atomic mass is 9.95. The number of ether oxygens (including phenoxy) is 5. The Bertz CT molecular complexity index is 1240. The van der Waals surface area contributed by atoms with E-state index in [-0.39, 0.29) is 29.2 Å². The van der Waals surface area contributed by atoms with Gasteiger partial charge < -0.3 is 64.5 Å². The van der Waals surface area contributed by atoms with Crippen LogP contribution in [0.25, 0.3) is 0 Å². The largest absolute Gasteiger partial charge is 0.508 e. The average molecular weight is 581 g/mol. The van der Waals surface area contributed by atoms with E-state index in [1.807, 2.05) is 0 Å². The summed E-state index contributed by atoms with van der Waals surface area (Å²) in [7, 11) is 0. The Morgan fingerprint density at radius 1 is 0.878 bits per heavy atom. The number of carbonyl (C=O) groups excluding carboxylic acids is 1. The standard InChI is InChI=1S/C27H32O14/c1-10-20(32)22(34)24(36)26(37-10)41-25-23(35)21(33)18(9-28)40-27(25)38-13-6-14(30)19-15(31)8-16(39-17(19)7-13)11-2-4-12(29)5-3-11/h2-7,10,16,18,20-30,32-36H,8-9H2,1H3/t10-,16+,18+,20+,21-,22-,23-,24-,25+,26+,27+/m1/s1. The van der Waals surface area contributed by atoms with E-state index >= 15 is 0 Å². The van der Waals surface area contributed by atoms with Crippen molar-refractivity contribution in [1.29, 1.82) is 0 Å². The predicted molar refractivity (Wildman–Crippen MR) is 134 cm³/mol. The Hall–Kier alpha value is -3.05. The molecule has 2 aromatic rings. The molecule has 0 amide bonds. The number of fused-ring (bicyclic) bond motifs is 1. The third-order valence-corrected chi connectivity index (χ3v) is 7.42. The molecule has 2 aromatic carbocycles. The van der Waals surface area contributed by atoms with Crippen LogP contribution < -0.4 is 9.47 Å². The van der Waals surface area contributed by atoms with E-state index in [0.717, 1.165) is 6.07 Å². The van der Waals surface area contributed by atoms with Crippen LogP contribution in [0.15, 0.2) is 36.4 Å². The van der Waals surface area contributed by atoms with Crippen LogP contribution in [0.4, 0.5) is 0 Å². The number of phenols is 2. The molecular weight excluding hydrogens is 548 g/mol. The highest BCUT2D eigenvalue weighted by Gasteiger charge is 2.51. The Labute approximate surface area is 233 Å². The molecule has 2 fully saturated rings. The van der Waals surface area contributed by atoms with Gasteiger partial charge in [-0.1, -0.05) is 12.1 Å². The van der Waals surface area contributed by atoms with Gasteiger partial charge in [0.1, 0.15) is 71.3 Å². The summed E-state index contributed by atoms with van der Waals surface area (Å²) in [6.45, 7) is 0.716. The van der Waals surface area contributed by atoms with Gasteiger partial charge in [-0.3, -0.25) is 4.79 Å². The van der Waals surface area contributed by atoms with Gasteiger partial charge in [-0.05, 0) is 24.6 Å². The number of ketones is 1. The summed E-state index contributed by atoms with van der Waals surface area (Å²) in [5, 5.41) is 81.6. The first-order valence-corrected chi connectivity index (χ1v) is 13.0. The summed E-state index contributed by atoms with van der Waals surface area (Å²) in [6, 6.07) is 8.50. The molecule has 3 aliphatic heterocycles. The fraction of sp³-hybridized carbons (Fsp3) is 0.519. The topological polar surface area (TPSA) is 225 Å². The molecule has 0 aromatic heterocycles. The smallest absolute Gasteiger partial charge is 0.229 e. The van der Waals surface area contributed by atoms with Gasteiger partial charge in [-0.2, -0.15) is 0 Å². The summed E-state index contributed by atoms with van der Waals surface area (Å²) in [6.07, 6.45) is -16.0. The number of aromatic hydroxyl groups is 2. The molecule has 5 rings (SSSR count). The van der Waals surface area contributed by atoms with Crippen LogP contribution in [0.1, 0.15) is 35.4 Å². The minimum Gasteiger partial charge on any atom is -0.508 e. The fourth-order valence-electron chi connectivity index (χ4n) is 5.07. The lowest BCUT2D eigenvalue weighted by Gasteiger charge is -2.45. The fourth-order valence-corrected chi connectivity index (χ4v) is 5.07. The molecule has 0 unspecified atom stereocenters. The lowest BCUT2D eigenvalue weighted by molar-refractivity contribution is -0.354. The van der Waals surface area contributed by atoms with E-state index in [9.17, 15) is 45.6 Å². The molecule has 0 radical (unpaired) electrons. The maximum Gasteiger partial charge on any atom is 0.229 e. The zero-order chi connectivity index (χ0) is 29.6. The number of hydrogen-bond donors (Lipinski definition) is 8. The molecule has 41 heavy (non-hydrogen) atoms. The van der Waals surface area contributed by atoms with Gasteiger partial charge in [-0.25, -0.2) is 0 Å².